The van der Waals surface area contributed by atoms with Gasteiger partial charge in [-0.2, -0.15) is 31.3 Å². The lowest BCUT2D eigenvalue weighted by atomic mass is 10.2. The highest BCUT2D eigenvalue weighted by molar-refractivity contribution is 7.98. The Balaban J connectivity index is 2.54. The Morgan fingerprint density at radius 2 is 2.28 bits per heavy atom. The molecule has 0 radical (unpaired) electrons. The molecule has 0 aromatic carbocycles. The maximum atomic E-state index is 6.15. The largest absolute Gasteiger partial charge is 0.356 e. The Morgan fingerprint density at radius 3 is 2.94 bits per heavy atom. The van der Waals surface area contributed by atoms with Gasteiger partial charge in [-0.05, 0) is 20.1 Å². The van der Waals surface area contributed by atoms with Gasteiger partial charge in [-0.3, -0.25) is 0 Å². The van der Waals surface area contributed by atoms with E-state index in [1.807, 2.05) is 25.7 Å². The minimum Gasteiger partial charge on any atom is -0.356 e. The van der Waals surface area contributed by atoms with E-state index in [9.17, 15) is 0 Å². The van der Waals surface area contributed by atoms with E-state index in [0.29, 0.717) is 17.0 Å². The number of halogens is 1. The molecule has 5 nitrogen and oxygen atoms in total. The topological polar surface area (TPSA) is 46.3 Å². The van der Waals surface area contributed by atoms with Crippen LogP contribution >= 0.6 is 23.4 Å². The molecule has 0 aliphatic carbocycles. The van der Waals surface area contributed by atoms with Crippen LogP contribution in [0.15, 0.2) is 6.33 Å². The van der Waals surface area contributed by atoms with Gasteiger partial charge < -0.3 is 4.90 Å². The number of nitrogens with zero attached hydrogens (tertiary/aromatic N) is 5. The van der Waals surface area contributed by atoms with Gasteiger partial charge in [0.05, 0.1) is 0 Å². The van der Waals surface area contributed by atoms with Crippen LogP contribution in [0, 0.1) is 6.92 Å². The van der Waals surface area contributed by atoms with Crippen molar-refractivity contribution in [3.8, 4) is 0 Å². The van der Waals surface area contributed by atoms with Gasteiger partial charge in [-0.25, -0.2) is 0 Å². The lowest BCUT2D eigenvalue weighted by molar-refractivity contribution is 0.727. The van der Waals surface area contributed by atoms with E-state index in [2.05, 4.69) is 33.1 Å². The molecule has 2 aromatic rings. The van der Waals surface area contributed by atoms with Crippen molar-refractivity contribution in [2.75, 3.05) is 24.0 Å². The fraction of sp³-hybridized carbons (Fsp3) is 0.545. The molecular weight excluding hydrogens is 270 g/mol. The van der Waals surface area contributed by atoms with Gasteiger partial charge in [-0.15, -0.1) is 0 Å². The molecule has 0 aliphatic rings. The zero-order valence-electron chi connectivity index (χ0n) is 10.9. The van der Waals surface area contributed by atoms with Crippen LogP contribution in [-0.4, -0.2) is 44.7 Å². The fourth-order valence-corrected chi connectivity index (χ4v) is 2.73. The first-order chi connectivity index (χ1) is 8.56. The zero-order valence-corrected chi connectivity index (χ0v) is 12.5. The van der Waals surface area contributed by atoms with Crippen molar-refractivity contribution in [3.05, 3.63) is 17.0 Å². The molecule has 0 spiro atoms. The molecule has 2 heterocycles. The van der Waals surface area contributed by atoms with Crippen molar-refractivity contribution >= 4 is 35.0 Å². The molecule has 0 aliphatic heterocycles. The van der Waals surface area contributed by atoms with Gasteiger partial charge in [0.2, 0.25) is 0 Å². The standard InChI is InChI=1S/C11H16ClN5S/c1-7(5-18-4)16(3)10-8(2)9(12)15-11-13-6-14-17(10)11/h6-7H,5H2,1-4H3. The van der Waals surface area contributed by atoms with Gasteiger partial charge in [0.25, 0.3) is 5.78 Å². The van der Waals surface area contributed by atoms with Crippen LogP contribution in [0.2, 0.25) is 5.15 Å². The second-order valence-corrected chi connectivity index (χ2v) is 5.51. The van der Waals surface area contributed by atoms with Crippen molar-refractivity contribution in [3.63, 3.8) is 0 Å². The molecule has 2 rings (SSSR count). The molecule has 0 amide bonds. The van der Waals surface area contributed by atoms with Gasteiger partial charge >= 0.3 is 0 Å². The number of anilines is 1. The summed E-state index contributed by atoms with van der Waals surface area (Å²) in [6.45, 7) is 4.13. The van der Waals surface area contributed by atoms with Crippen molar-refractivity contribution in [1.82, 2.24) is 19.6 Å². The van der Waals surface area contributed by atoms with E-state index < -0.39 is 0 Å². The number of fused-ring (bicyclic) bond motifs is 1. The summed E-state index contributed by atoms with van der Waals surface area (Å²) in [7, 11) is 2.04. The lowest BCUT2D eigenvalue weighted by Crippen LogP contribution is -2.33. The quantitative estimate of drug-likeness (QED) is 0.807. The van der Waals surface area contributed by atoms with E-state index in [1.54, 1.807) is 4.52 Å². The third-order valence-corrected chi connectivity index (χ3v) is 4.16. The summed E-state index contributed by atoms with van der Waals surface area (Å²) in [6, 6.07) is 0.379. The molecule has 0 saturated carbocycles. The van der Waals surface area contributed by atoms with Gasteiger partial charge in [0, 0.05) is 24.4 Å². The summed E-state index contributed by atoms with van der Waals surface area (Å²) in [5, 5.41) is 4.70. The Bertz CT molecular complexity index is 556. The lowest BCUT2D eigenvalue weighted by Gasteiger charge is -2.28. The average molecular weight is 286 g/mol. The normalized spacial score (nSPS) is 12.9. The minimum atomic E-state index is 0.379. The Labute approximate surface area is 116 Å². The molecule has 0 saturated heterocycles. The number of thioether (sulfide) groups is 1. The summed E-state index contributed by atoms with van der Waals surface area (Å²) in [5.41, 5.74) is 0.921. The van der Waals surface area contributed by atoms with E-state index in [0.717, 1.165) is 17.1 Å². The minimum absolute atomic E-state index is 0.379. The average Bonchev–Trinajstić information content (AvgIpc) is 2.77. The molecule has 0 N–H and O–H groups in total. The Hall–Kier alpha value is -1.01. The highest BCUT2D eigenvalue weighted by Crippen LogP contribution is 2.26. The highest BCUT2D eigenvalue weighted by Gasteiger charge is 2.19. The molecular formula is C11H16ClN5S. The molecule has 7 heteroatoms. The Kier molecular flexibility index (Phi) is 3.97. The maximum Gasteiger partial charge on any atom is 0.255 e. The molecule has 2 aromatic heterocycles. The second-order valence-electron chi connectivity index (χ2n) is 4.24. The third-order valence-electron chi connectivity index (χ3n) is 2.98. The number of rotatable bonds is 4. The molecule has 1 unspecified atom stereocenters. The van der Waals surface area contributed by atoms with E-state index in [1.165, 1.54) is 6.33 Å². The first kappa shape index (κ1) is 13.4. The van der Waals surface area contributed by atoms with Crippen LogP contribution < -0.4 is 4.90 Å². The van der Waals surface area contributed by atoms with E-state index >= 15 is 0 Å². The summed E-state index contributed by atoms with van der Waals surface area (Å²) in [6.07, 6.45) is 3.59. The van der Waals surface area contributed by atoms with Gasteiger partial charge in [-0.1, -0.05) is 11.6 Å². The number of aromatic nitrogens is 4. The van der Waals surface area contributed by atoms with Crippen LogP contribution in [0.3, 0.4) is 0 Å². The molecule has 0 bridgehead atoms. The molecule has 18 heavy (non-hydrogen) atoms. The van der Waals surface area contributed by atoms with E-state index in [4.69, 9.17) is 11.6 Å². The van der Waals surface area contributed by atoms with Crippen molar-refractivity contribution in [1.29, 1.82) is 0 Å². The van der Waals surface area contributed by atoms with Crippen molar-refractivity contribution in [2.24, 2.45) is 0 Å². The van der Waals surface area contributed by atoms with Crippen LogP contribution in [-0.2, 0) is 0 Å². The number of hydrogen-bond acceptors (Lipinski definition) is 5. The second kappa shape index (κ2) is 5.32. The Morgan fingerprint density at radius 1 is 1.56 bits per heavy atom. The van der Waals surface area contributed by atoms with Crippen LogP contribution in [0.5, 0.6) is 0 Å². The van der Waals surface area contributed by atoms with Gasteiger partial charge in [0.15, 0.2) is 0 Å². The monoisotopic (exact) mass is 285 g/mol. The summed E-state index contributed by atoms with van der Waals surface area (Å²) in [5.74, 6) is 2.51. The summed E-state index contributed by atoms with van der Waals surface area (Å²) < 4.78 is 1.73. The highest BCUT2D eigenvalue weighted by atomic mass is 35.5. The van der Waals surface area contributed by atoms with Gasteiger partial charge in [0.1, 0.15) is 17.3 Å². The molecule has 1 atom stereocenters. The van der Waals surface area contributed by atoms with Crippen LogP contribution in [0.4, 0.5) is 5.82 Å². The molecule has 0 fully saturated rings. The van der Waals surface area contributed by atoms with E-state index in [-0.39, 0.29) is 0 Å². The first-order valence-electron chi connectivity index (χ1n) is 5.63. The van der Waals surface area contributed by atoms with Crippen molar-refractivity contribution < 1.29 is 0 Å². The predicted molar refractivity (Wildman–Crippen MR) is 76.8 cm³/mol. The summed E-state index contributed by atoms with van der Waals surface area (Å²) >= 11 is 7.97. The zero-order chi connectivity index (χ0) is 13.3. The number of hydrogen-bond donors (Lipinski definition) is 0. The third kappa shape index (κ3) is 2.27. The smallest absolute Gasteiger partial charge is 0.255 e. The fourth-order valence-electron chi connectivity index (χ4n) is 1.86. The predicted octanol–water partition coefficient (Wildman–Crippen LogP) is 2.27. The molecule has 98 valence electrons. The first-order valence-corrected chi connectivity index (χ1v) is 7.41. The maximum absolute atomic E-state index is 6.15. The van der Waals surface area contributed by atoms with Crippen LogP contribution in [0.1, 0.15) is 12.5 Å². The SMILES string of the molecule is CSCC(C)N(C)c1c(C)c(Cl)nc2ncnn12. The van der Waals surface area contributed by atoms with Crippen molar-refractivity contribution in [2.45, 2.75) is 19.9 Å². The summed E-state index contributed by atoms with van der Waals surface area (Å²) in [4.78, 5) is 10.5. The van der Waals surface area contributed by atoms with Crippen LogP contribution in [0.25, 0.3) is 5.78 Å².